The number of sulfone groups is 1. The molecule has 1 aliphatic rings. The summed E-state index contributed by atoms with van der Waals surface area (Å²) in [4.78, 5) is 56.0. The molecule has 3 rings (SSSR count). The number of carbonyl (C=O) groups is 4. The van der Waals surface area contributed by atoms with Gasteiger partial charge in [-0.15, -0.1) is 0 Å². The number of aromatic nitrogens is 1. The van der Waals surface area contributed by atoms with Crippen LogP contribution < -0.4 is 4.80 Å². The minimum absolute atomic E-state index is 0.162. The van der Waals surface area contributed by atoms with Crippen LogP contribution in [0.25, 0.3) is 10.2 Å². The molecule has 1 saturated heterocycles. The van der Waals surface area contributed by atoms with E-state index in [2.05, 4.69) is 4.99 Å². The first-order valence-corrected chi connectivity index (χ1v) is 14.4. The molecule has 0 bridgehead atoms. The molecule has 0 N–H and O–H groups in total. The van der Waals surface area contributed by atoms with Crippen LogP contribution in [-0.4, -0.2) is 97.6 Å². The Hall–Kier alpha value is -3.26. The number of fused-ring (bicyclic) bond motifs is 1. The Morgan fingerprint density at radius 2 is 1.62 bits per heavy atom. The molecule has 1 aromatic carbocycles. The smallest absolute Gasteiger partial charge is 0.409 e. The zero-order valence-electron chi connectivity index (χ0n) is 21.0. The molecule has 37 heavy (non-hydrogen) atoms. The van der Waals surface area contributed by atoms with Crippen molar-refractivity contribution in [1.82, 2.24) is 14.4 Å². The summed E-state index contributed by atoms with van der Waals surface area (Å²) in [7, 11) is -4.11. The molecule has 0 aliphatic carbocycles. The van der Waals surface area contributed by atoms with Crippen molar-refractivity contribution < 1.29 is 37.1 Å². The van der Waals surface area contributed by atoms with E-state index in [1.807, 2.05) is 19.1 Å². The average Bonchev–Trinajstić information content (AvgIpc) is 3.14. The van der Waals surface area contributed by atoms with Crippen LogP contribution in [0.4, 0.5) is 4.79 Å². The molecule has 0 saturated carbocycles. The van der Waals surface area contributed by atoms with Crippen molar-refractivity contribution in [2.24, 2.45) is 4.99 Å². The lowest BCUT2D eigenvalue weighted by Gasteiger charge is -2.34. The number of amides is 3. The topological polar surface area (TPSA) is 145 Å². The number of esters is 1. The highest BCUT2D eigenvalue weighted by molar-refractivity contribution is 7.92. The van der Waals surface area contributed by atoms with Gasteiger partial charge in [0.15, 0.2) is 14.6 Å². The second-order valence-corrected chi connectivity index (χ2v) is 11.4. The molecule has 1 aromatic heterocycles. The van der Waals surface area contributed by atoms with Crippen LogP contribution in [0, 0.1) is 6.92 Å². The highest BCUT2D eigenvalue weighted by Gasteiger charge is 2.29. The summed E-state index contributed by atoms with van der Waals surface area (Å²) in [5.41, 5.74) is 1.63. The highest BCUT2D eigenvalue weighted by atomic mass is 32.2. The van der Waals surface area contributed by atoms with Crippen LogP contribution in [0.3, 0.4) is 0 Å². The van der Waals surface area contributed by atoms with Crippen LogP contribution in [0.2, 0.25) is 0 Å². The van der Waals surface area contributed by atoms with Crippen molar-refractivity contribution in [3.63, 3.8) is 0 Å². The molecule has 2 heterocycles. The molecular weight excluding hydrogens is 524 g/mol. The third-order valence-electron chi connectivity index (χ3n) is 5.50. The maximum atomic E-state index is 12.6. The minimum atomic E-state index is -4.11. The number of nitrogens with zero attached hydrogens (tertiary/aromatic N) is 4. The van der Waals surface area contributed by atoms with E-state index < -0.39 is 45.2 Å². The third-order valence-corrected chi connectivity index (χ3v) is 7.91. The largest absolute Gasteiger partial charge is 0.465 e. The molecule has 0 radical (unpaired) electrons. The summed E-state index contributed by atoms with van der Waals surface area (Å²) >= 11 is 1.15. The van der Waals surface area contributed by atoms with E-state index in [0.29, 0.717) is 5.52 Å². The summed E-state index contributed by atoms with van der Waals surface area (Å²) < 4.78 is 37.5. The van der Waals surface area contributed by atoms with Crippen LogP contribution in [0.15, 0.2) is 23.2 Å². The zero-order chi connectivity index (χ0) is 27.2. The molecule has 0 atom stereocenters. The van der Waals surface area contributed by atoms with Crippen molar-refractivity contribution in [2.45, 2.75) is 27.3 Å². The standard InChI is InChI=1S/C23H30N4O8S2/c1-4-34-21(30)13-27-17-7-6-16(3)12-18(17)36-22(27)24-19(28)14-37(32,33)15-20(29)25-8-10-26(11-9-25)23(31)35-5-2/h6-7,12H,4-5,8-11,13-15H2,1-3H3. The predicted molar refractivity (Wildman–Crippen MR) is 136 cm³/mol. The van der Waals surface area contributed by atoms with E-state index in [0.717, 1.165) is 21.6 Å². The van der Waals surface area contributed by atoms with E-state index in [4.69, 9.17) is 9.47 Å². The van der Waals surface area contributed by atoms with E-state index in [9.17, 15) is 27.6 Å². The predicted octanol–water partition coefficient (Wildman–Crippen LogP) is 0.717. The van der Waals surface area contributed by atoms with Gasteiger partial charge in [-0.3, -0.25) is 14.4 Å². The first kappa shape index (κ1) is 28.3. The fourth-order valence-electron chi connectivity index (χ4n) is 3.76. The number of thiazole rings is 1. The molecule has 1 fully saturated rings. The first-order valence-electron chi connectivity index (χ1n) is 11.8. The minimum Gasteiger partial charge on any atom is -0.465 e. The van der Waals surface area contributed by atoms with Gasteiger partial charge in [-0.25, -0.2) is 13.2 Å². The van der Waals surface area contributed by atoms with E-state index in [1.54, 1.807) is 19.9 Å². The van der Waals surface area contributed by atoms with Crippen molar-refractivity contribution in [3.05, 3.63) is 28.6 Å². The Bertz CT molecular complexity index is 1350. The molecule has 3 amide bonds. The van der Waals surface area contributed by atoms with Crippen LogP contribution >= 0.6 is 11.3 Å². The SMILES string of the molecule is CCOC(=O)Cn1c(=NC(=O)CS(=O)(=O)CC(=O)N2CCN(C(=O)OCC)CC2)sc2cc(C)ccc21. The van der Waals surface area contributed by atoms with Gasteiger partial charge in [0, 0.05) is 26.2 Å². The van der Waals surface area contributed by atoms with Gasteiger partial charge in [0.25, 0.3) is 5.91 Å². The van der Waals surface area contributed by atoms with Gasteiger partial charge in [0.1, 0.15) is 18.1 Å². The lowest BCUT2D eigenvalue weighted by atomic mass is 10.2. The normalized spacial score (nSPS) is 14.6. The van der Waals surface area contributed by atoms with E-state index in [1.165, 1.54) is 14.4 Å². The third kappa shape index (κ3) is 7.61. The van der Waals surface area contributed by atoms with E-state index >= 15 is 0 Å². The van der Waals surface area contributed by atoms with Crippen LogP contribution in [-0.2, 0) is 40.2 Å². The van der Waals surface area contributed by atoms with Gasteiger partial charge >= 0.3 is 12.1 Å². The number of hydrogen-bond acceptors (Lipinski definition) is 9. The number of hydrogen-bond donors (Lipinski definition) is 0. The Morgan fingerprint density at radius 1 is 0.973 bits per heavy atom. The van der Waals surface area contributed by atoms with Crippen molar-refractivity contribution in [3.8, 4) is 0 Å². The molecule has 12 nitrogen and oxygen atoms in total. The quantitative estimate of drug-likeness (QED) is 0.434. The Labute approximate surface area is 218 Å². The Morgan fingerprint density at radius 3 is 2.27 bits per heavy atom. The fourth-order valence-corrected chi connectivity index (χ4v) is 6.01. The van der Waals surface area contributed by atoms with E-state index in [-0.39, 0.29) is 50.7 Å². The first-order chi connectivity index (χ1) is 17.5. The average molecular weight is 555 g/mol. The molecule has 0 unspecified atom stereocenters. The molecule has 0 spiro atoms. The zero-order valence-corrected chi connectivity index (χ0v) is 22.6. The van der Waals surface area contributed by atoms with Gasteiger partial charge < -0.3 is 23.8 Å². The summed E-state index contributed by atoms with van der Waals surface area (Å²) in [6, 6.07) is 5.52. The lowest BCUT2D eigenvalue weighted by molar-refractivity contribution is -0.143. The Balaban J connectivity index is 1.70. The second-order valence-electron chi connectivity index (χ2n) is 8.35. The van der Waals surface area contributed by atoms with Crippen molar-refractivity contribution >= 4 is 55.3 Å². The summed E-state index contributed by atoms with van der Waals surface area (Å²) in [5.74, 6) is -3.90. The summed E-state index contributed by atoms with van der Waals surface area (Å²) in [5, 5.41) is 0. The maximum absolute atomic E-state index is 12.6. The van der Waals surface area contributed by atoms with Crippen molar-refractivity contribution in [1.29, 1.82) is 0 Å². The summed E-state index contributed by atoms with van der Waals surface area (Å²) in [6.45, 7) is 6.30. The van der Waals surface area contributed by atoms with Crippen LogP contribution in [0.1, 0.15) is 19.4 Å². The molecular formula is C23H30N4O8S2. The van der Waals surface area contributed by atoms with Gasteiger partial charge in [0.05, 0.1) is 23.4 Å². The molecule has 202 valence electrons. The number of ether oxygens (including phenoxy) is 2. The van der Waals surface area contributed by atoms with Gasteiger partial charge in [-0.2, -0.15) is 4.99 Å². The molecule has 14 heteroatoms. The van der Waals surface area contributed by atoms with Gasteiger partial charge in [-0.1, -0.05) is 17.4 Å². The number of piperazine rings is 1. The number of rotatable bonds is 8. The fraction of sp³-hybridized carbons (Fsp3) is 0.522. The van der Waals surface area contributed by atoms with Crippen LogP contribution in [0.5, 0.6) is 0 Å². The molecule has 2 aromatic rings. The Kier molecular flexibility index (Phi) is 9.43. The van der Waals surface area contributed by atoms with Gasteiger partial charge in [-0.05, 0) is 38.5 Å². The maximum Gasteiger partial charge on any atom is 0.409 e. The van der Waals surface area contributed by atoms with Crippen molar-refractivity contribution in [2.75, 3.05) is 50.9 Å². The summed E-state index contributed by atoms with van der Waals surface area (Å²) in [6.07, 6.45) is -0.481. The second kappa shape index (κ2) is 12.3. The molecule has 1 aliphatic heterocycles. The number of aryl methyl sites for hydroxylation is 1. The monoisotopic (exact) mass is 554 g/mol. The number of benzene rings is 1. The lowest BCUT2D eigenvalue weighted by Crippen LogP contribution is -2.52. The van der Waals surface area contributed by atoms with Gasteiger partial charge in [0.2, 0.25) is 5.91 Å². The number of carbonyl (C=O) groups excluding carboxylic acids is 4. The highest BCUT2D eigenvalue weighted by Crippen LogP contribution is 2.19.